The Morgan fingerprint density at radius 1 is 0.760 bits per heavy atom. The van der Waals surface area contributed by atoms with Gasteiger partial charge in [-0.2, -0.15) is 30.1 Å². The third kappa shape index (κ3) is 6.19. The van der Waals surface area contributed by atoms with E-state index in [2.05, 4.69) is 15.0 Å². The van der Waals surface area contributed by atoms with Gasteiger partial charge in [0, 0.05) is 0 Å². The summed E-state index contributed by atoms with van der Waals surface area (Å²) in [4.78, 5) is 28.3. The number of hydroxylamine groups is 3. The molecule has 3 N–H and O–H groups in total. The third-order valence-electron chi connectivity index (χ3n) is 2.56. The van der Waals surface area contributed by atoms with Crippen LogP contribution in [-0.4, -0.2) is 69.8 Å². The van der Waals surface area contributed by atoms with Gasteiger partial charge in [-0.1, -0.05) is 0 Å². The fourth-order valence-electron chi connectivity index (χ4n) is 1.71. The Morgan fingerprint density at radius 2 is 1.12 bits per heavy atom. The van der Waals surface area contributed by atoms with Crippen molar-refractivity contribution < 1.29 is 29.8 Å². The number of hydrogen-bond acceptors (Lipinski definition) is 12. The molecule has 0 fully saturated rings. The molecule has 0 unspecified atom stereocenters. The molecule has 0 saturated carbocycles. The SMILES string of the molecule is CCON(CO)c1nc(N(CO)OCC)nc(N(CO)OC(C)C)n1. The van der Waals surface area contributed by atoms with Crippen molar-refractivity contribution >= 4 is 17.8 Å². The smallest absolute Gasteiger partial charge is 0.258 e. The van der Waals surface area contributed by atoms with Gasteiger partial charge in [-0.3, -0.25) is 14.5 Å². The van der Waals surface area contributed by atoms with Gasteiger partial charge in [0.05, 0.1) is 19.3 Å². The van der Waals surface area contributed by atoms with E-state index in [9.17, 15) is 15.3 Å². The van der Waals surface area contributed by atoms with Crippen molar-refractivity contribution in [2.45, 2.75) is 33.8 Å². The molecule has 0 spiro atoms. The first-order chi connectivity index (χ1) is 12.0. The molecule has 12 heteroatoms. The third-order valence-corrected chi connectivity index (χ3v) is 2.56. The molecule has 12 nitrogen and oxygen atoms in total. The molecule has 0 radical (unpaired) electrons. The average molecular weight is 362 g/mol. The first kappa shape index (κ1) is 21.2. The van der Waals surface area contributed by atoms with Crippen LogP contribution in [-0.2, 0) is 14.5 Å². The number of aliphatic hydroxyl groups excluding tert-OH is 3. The molecule has 0 atom stereocenters. The maximum atomic E-state index is 9.52. The molecule has 0 aromatic carbocycles. The van der Waals surface area contributed by atoms with Crippen LogP contribution >= 0.6 is 0 Å². The van der Waals surface area contributed by atoms with Crippen LogP contribution in [0.3, 0.4) is 0 Å². The van der Waals surface area contributed by atoms with Crippen LogP contribution in [0.5, 0.6) is 0 Å². The quantitative estimate of drug-likeness (QED) is 0.323. The molecule has 0 aliphatic heterocycles. The maximum absolute atomic E-state index is 9.52. The lowest BCUT2D eigenvalue weighted by Crippen LogP contribution is -2.34. The maximum Gasteiger partial charge on any atom is 0.258 e. The number of rotatable bonds is 12. The summed E-state index contributed by atoms with van der Waals surface area (Å²) in [6.45, 7) is 5.96. The van der Waals surface area contributed by atoms with Crippen molar-refractivity contribution in [1.29, 1.82) is 0 Å². The van der Waals surface area contributed by atoms with Gasteiger partial charge in [0.25, 0.3) is 17.8 Å². The van der Waals surface area contributed by atoms with E-state index in [0.717, 1.165) is 15.2 Å². The van der Waals surface area contributed by atoms with Gasteiger partial charge in [0.2, 0.25) is 0 Å². The van der Waals surface area contributed by atoms with Crippen LogP contribution in [0.4, 0.5) is 17.8 Å². The predicted octanol–water partition coefficient (Wildman–Crippen LogP) is -0.617. The zero-order chi connectivity index (χ0) is 18.8. The molecule has 0 aliphatic carbocycles. The van der Waals surface area contributed by atoms with Crippen LogP contribution in [0.15, 0.2) is 0 Å². The molecule has 1 aromatic rings. The minimum absolute atomic E-state index is 0.0479. The average Bonchev–Trinajstić information content (AvgIpc) is 2.61. The van der Waals surface area contributed by atoms with E-state index in [0.29, 0.717) is 0 Å². The molecule has 1 rings (SSSR count). The highest BCUT2D eigenvalue weighted by Gasteiger charge is 2.21. The van der Waals surface area contributed by atoms with Gasteiger partial charge in [0.1, 0.15) is 20.2 Å². The Balaban J connectivity index is 3.33. The second kappa shape index (κ2) is 10.9. The summed E-state index contributed by atoms with van der Waals surface area (Å²) < 4.78 is 0. The zero-order valence-corrected chi connectivity index (χ0v) is 14.9. The fourth-order valence-corrected chi connectivity index (χ4v) is 1.71. The molecule has 0 aliphatic rings. The number of anilines is 3. The van der Waals surface area contributed by atoms with Gasteiger partial charge < -0.3 is 15.3 Å². The molecule has 0 saturated heterocycles. The molecule has 144 valence electrons. The first-order valence-corrected chi connectivity index (χ1v) is 7.84. The highest BCUT2D eigenvalue weighted by atomic mass is 16.7. The lowest BCUT2D eigenvalue weighted by molar-refractivity contribution is 0.0169. The lowest BCUT2D eigenvalue weighted by Gasteiger charge is -2.26. The number of hydrogen-bond donors (Lipinski definition) is 3. The second-order valence-corrected chi connectivity index (χ2v) is 4.78. The Kier molecular flexibility index (Phi) is 9.26. The normalized spacial score (nSPS) is 11.0. The Labute approximate surface area is 146 Å². The molecule has 25 heavy (non-hydrogen) atoms. The van der Waals surface area contributed by atoms with E-state index in [-0.39, 0.29) is 37.2 Å². The van der Waals surface area contributed by atoms with E-state index in [4.69, 9.17) is 14.5 Å². The predicted molar refractivity (Wildman–Crippen MR) is 88.0 cm³/mol. The highest BCUT2D eigenvalue weighted by Crippen LogP contribution is 2.20. The topological polar surface area (TPSA) is 137 Å². The Hall–Kier alpha value is -1.83. The molecule has 1 aromatic heterocycles. The summed E-state index contributed by atoms with van der Waals surface area (Å²) >= 11 is 0. The Morgan fingerprint density at radius 3 is 1.40 bits per heavy atom. The van der Waals surface area contributed by atoms with Crippen LogP contribution in [0.2, 0.25) is 0 Å². The summed E-state index contributed by atoms with van der Waals surface area (Å²) in [5.41, 5.74) is 0. The minimum atomic E-state index is -0.525. The summed E-state index contributed by atoms with van der Waals surface area (Å²) in [5.74, 6) is -0.144. The summed E-state index contributed by atoms with van der Waals surface area (Å²) in [5, 5.41) is 31.5. The van der Waals surface area contributed by atoms with Crippen molar-refractivity contribution in [2.75, 3.05) is 48.6 Å². The first-order valence-electron chi connectivity index (χ1n) is 7.84. The van der Waals surface area contributed by atoms with Gasteiger partial charge >= 0.3 is 0 Å². The molecular weight excluding hydrogens is 336 g/mol. The van der Waals surface area contributed by atoms with Gasteiger partial charge in [-0.05, 0) is 27.7 Å². The fraction of sp³-hybridized carbons (Fsp3) is 0.769. The summed E-state index contributed by atoms with van der Waals surface area (Å²) in [6, 6.07) is 0. The van der Waals surface area contributed by atoms with Crippen LogP contribution in [0.25, 0.3) is 0 Å². The van der Waals surface area contributed by atoms with Crippen molar-refractivity contribution in [3.63, 3.8) is 0 Å². The van der Waals surface area contributed by atoms with E-state index in [1.807, 2.05) is 0 Å². The standard InChI is InChI=1S/C13H26N6O6/c1-5-23-17(7-20)11-14-12(18(8-21)24-6-2)16-13(15-11)19(9-22)25-10(3)4/h10,20-22H,5-9H2,1-4H3. The van der Waals surface area contributed by atoms with Crippen molar-refractivity contribution in [3.05, 3.63) is 0 Å². The van der Waals surface area contributed by atoms with Gasteiger partial charge in [-0.25, -0.2) is 0 Å². The second-order valence-electron chi connectivity index (χ2n) is 4.78. The van der Waals surface area contributed by atoms with Crippen LogP contribution < -0.4 is 15.2 Å². The number of aromatic nitrogens is 3. The van der Waals surface area contributed by atoms with Crippen LogP contribution in [0, 0.1) is 0 Å². The van der Waals surface area contributed by atoms with Crippen LogP contribution in [0.1, 0.15) is 27.7 Å². The molecule has 0 bridgehead atoms. The highest BCUT2D eigenvalue weighted by molar-refractivity contribution is 5.42. The lowest BCUT2D eigenvalue weighted by atomic mass is 10.5. The van der Waals surface area contributed by atoms with Crippen molar-refractivity contribution in [3.8, 4) is 0 Å². The van der Waals surface area contributed by atoms with E-state index < -0.39 is 20.2 Å². The van der Waals surface area contributed by atoms with E-state index in [1.54, 1.807) is 27.7 Å². The van der Waals surface area contributed by atoms with Crippen molar-refractivity contribution in [2.24, 2.45) is 0 Å². The largest absolute Gasteiger partial charge is 0.374 e. The molecule has 1 heterocycles. The van der Waals surface area contributed by atoms with Crippen molar-refractivity contribution in [1.82, 2.24) is 15.0 Å². The number of aliphatic hydroxyl groups is 3. The summed E-state index contributed by atoms with van der Waals surface area (Å²) in [6.07, 6.45) is -0.252. The summed E-state index contributed by atoms with van der Waals surface area (Å²) in [7, 11) is 0. The van der Waals surface area contributed by atoms with Gasteiger partial charge in [-0.15, -0.1) is 0 Å². The van der Waals surface area contributed by atoms with E-state index in [1.165, 1.54) is 0 Å². The van der Waals surface area contributed by atoms with E-state index >= 15 is 0 Å². The zero-order valence-electron chi connectivity index (χ0n) is 14.9. The molecule has 0 amide bonds. The number of nitrogens with zero attached hydrogens (tertiary/aromatic N) is 6. The minimum Gasteiger partial charge on any atom is -0.374 e. The Bertz CT molecular complexity index is 476. The van der Waals surface area contributed by atoms with Gasteiger partial charge in [0.15, 0.2) is 0 Å². The monoisotopic (exact) mass is 362 g/mol. The molecular formula is C13H26N6O6.